The van der Waals surface area contributed by atoms with Gasteiger partial charge in [0.25, 0.3) is 5.91 Å². The van der Waals surface area contributed by atoms with Gasteiger partial charge in [-0.25, -0.2) is 0 Å². The van der Waals surface area contributed by atoms with Gasteiger partial charge in [0.1, 0.15) is 0 Å². The van der Waals surface area contributed by atoms with Crippen molar-refractivity contribution in [2.75, 3.05) is 26.2 Å². The molecular formula is C13H20N3O. The molecule has 1 saturated heterocycles. The number of aryl methyl sites for hydroxylation is 2. The van der Waals surface area contributed by atoms with Crippen molar-refractivity contribution in [2.45, 2.75) is 26.7 Å². The monoisotopic (exact) mass is 234 g/mol. The molecule has 0 atom stereocenters. The SMILES string of the molecule is Cc1[c][nH]c(C)c1C(=O)NCCN1CCCC1. The molecule has 0 saturated carbocycles. The molecule has 0 spiro atoms. The fourth-order valence-corrected chi connectivity index (χ4v) is 2.36. The van der Waals surface area contributed by atoms with E-state index in [9.17, 15) is 4.79 Å². The molecule has 0 unspecified atom stereocenters. The highest BCUT2D eigenvalue weighted by Crippen LogP contribution is 2.11. The quantitative estimate of drug-likeness (QED) is 0.824. The van der Waals surface area contributed by atoms with Gasteiger partial charge in [-0.05, 0) is 45.3 Å². The van der Waals surface area contributed by atoms with Gasteiger partial charge in [-0.1, -0.05) is 0 Å². The van der Waals surface area contributed by atoms with Crippen LogP contribution in [0.3, 0.4) is 0 Å². The second-order valence-electron chi connectivity index (χ2n) is 4.68. The number of aromatic nitrogens is 1. The maximum Gasteiger partial charge on any atom is 0.253 e. The lowest BCUT2D eigenvalue weighted by molar-refractivity contribution is 0.0949. The van der Waals surface area contributed by atoms with E-state index in [2.05, 4.69) is 21.4 Å². The fourth-order valence-electron chi connectivity index (χ4n) is 2.36. The maximum absolute atomic E-state index is 12.0. The van der Waals surface area contributed by atoms with Crippen molar-refractivity contribution in [1.82, 2.24) is 15.2 Å². The number of rotatable bonds is 4. The molecule has 1 amide bonds. The normalized spacial score (nSPS) is 16.4. The lowest BCUT2D eigenvalue weighted by atomic mass is 10.1. The van der Waals surface area contributed by atoms with Crippen molar-refractivity contribution in [2.24, 2.45) is 0 Å². The number of aromatic amines is 1. The molecule has 0 aromatic carbocycles. The molecule has 17 heavy (non-hydrogen) atoms. The van der Waals surface area contributed by atoms with Crippen LogP contribution in [0.15, 0.2) is 0 Å². The molecule has 2 heterocycles. The second kappa shape index (κ2) is 5.36. The Morgan fingerprint density at radius 2 is 2.12 bits per heavy atom. The molecule has 1 aliphatic heterocycles. The first-order valence-corrected chi connectivity index (χ1v) is 6.26. The van der Waals surface area contributed by atoms with Crippen molar-refractivity contribution in [3.63, 3.8) is 0 Å². The van der Waals surface area contributed by atoms with Crippen LogP contribution in [0.5, 0.6) is 0 Å². The topological polar surface area (TPSA) is 48.1 Å². The maximum atomic E-state index is 12.0. The third-order valence-corrected chi connectivity index (χ3v) is 3.33. The van der Waals surface area contributed by atoms with Crippen LogP contribution in [0.2, 0.25) is 0 Å². The van der Waals surface area contributed by atoms with E-state index < -0.39 is 0 Å². The van der Waals surface area contributed by atoms with Crippen LogP contribution in [-0.4, -0.2) is 42.0 Å². The molecule has 0 aliphatic carbocycles. The van der Waals surface area contributed by atoms with Crippen LogP contribution in [0.1, 0.15) is 34.5 Å². The van der Waals surface area contributed by atoms with Gasteiger partial charge in [-0.2, -0.15) is 0 Å². The predicted octanol–water partition coefficient (Wildman–Crippen LogP) is 1.26. The third kappa shape index (κ3) is 2.88. The number of hydrogen-bond acceptors (Lipinski definition) is 2. The first kappa shape index (κ1) is 12.2. The van der Waals surface area contributed by atoms with Gasteiger partial charge in [0.15, 0.2) is 0 Å². The highest BCUT2D eigenvalue weighted by atomic mass is 16.1. The van der Waals surface area contributed by atoms with Crippen LogP contribution in [0, 0.1) is 20.0 Å². The van der Waals surface area contributed by atoms with E-state index in [1.165, 1.54) is 25.9 Å². The first-order valence-electron chi connectivity index (χ1n) is 6.26. The molecule has 2 N–H and O–H groups in total. The Balaban J connectivity index is 1.81. The number of nitrogens with zero attached hydrogens (tertiary/aromatic N) is 1. The number of amides is 1. The Hall–Kier alpha value is -1.29. The summed E-state index contributed by atoms with van der Waals surface area (Å²) in [6, 6.07) is 0. The predicted molar refractivity (Wildman–Crippen MR) is 67.1 cm³/mol. The molecule has 0 bridgehead atoms. The van der Waals surface area contributed by atoms with Crippen LogP contribution < -0.4 is 5.32 Å². The van der Waals surface area contributed by atoms with Gasteiger partial charge < -0.3 is 15.2 Å². The number of carbonyl (C=O) groups is 1. The van der Waals surface area contributed by atoms with Crippen LogP contribution in [-0.2, 0) is 0 Å². The van der Waals surface area contributed by atoms with E-state index in [0.717, 1.165) is 29.9 Å². The molecule has 4 heteroatoms. The lowest BCUT2D eigenvalue weighted by Gasteiger charge is -2.14. The summed E-state index contributed by atoms with van der Waals surface area (Å²) >= 11 is 0. The largest absolute Gasteiger partial charge is 0.357 e. The van der Waals surface area contributed by atoms with E-state index in [-0.39, 0.29) is 5.91 Å². The summed E-state index contributed by atoms with van der Waals surface area (Å²) in [6.45, 7) is 7.83. The zero-order valence-electron chi connectivity index (χ0n) is 10.6. The van der Waals surface area contributed by atoms with E-state index in [0.29, 0.717) is 0 Å². The van der Waals surface area contributed by atoms with Gasteiger partial charge in [0.2, 0.25) is 0 Å². The first-order chi connectivity index (χ1) is 8.18. The van der Waals surface area contributed by atoms with Crippen molar-refractivity contribution >= 4 is 5.91 Å². The molecule has 93 valence electrons. The smallest absolute Gasteiger partial charge is 0.253 e. The Morgan fingerprint density at radius 3 is 2.71 bits per heavy atom. The number of hydrogen-bond donors (Lipinski definition) is 2. The van der Waals surface area contributed by atoms with Gasteiger partial charge in [0.05, 0.1) is 11.8 Å². The molecule has 1 aromatic rings. The number of likely N-dealkylation sites (tertiary alicyclic amines) is 1. The highest BCUT2D eigenvalue weighted by molar-refractivity contribution is 5.96. The van der Waals surface area contributed by atoms with Crippen molar-refractivity contribution < 1.29 is 4.79 Å². The second-order valence-corrected chi connectivity index (χ2v) is 4.68. The number of nitrogens with one attached hydrogen (secondary N) is 2. The minimum atomic E-state index is 0.0108. The zero-order valence-corrected chi connectivity index (χ0v) is 10.6. The van der Waals surface area contributed by atoms with E-state index in [1.54, 1.807) is 0 Å². The summed E-state index contributed by atoms with van der Waals surface area (Å²) in [7, 11) is 0. The van der Waals surface area contributed by atoms with Gasteiger partial charge >= 0.3 is 0 Å². The average molecular weight is 234 g/mol. The minimum absolute atomic E-state index is 0.0108. The third-order valence-electron chi connectivity index (χ3n) is 3.33. The summed E-state index contributed by atoms with van der Waals surface area (Å²) in [5, 5.41) is 2.97. The van der Waals surface area contributed by atoms with E-state index in [1.807, 2.05) is 13.8 Å². The van der Waals surface area contributed by atoms with Gasteiger partial charge in [-0.3, -0.25) is 4.79 Å². The lowest BCUT2D eigenvalue weighted by Crippen LogP contribution is -2.33. The Bertz CT molecular complexity index is 372. The number of H-pyrrole nitrogens is 1. The fraction of sp³-hybridized carbons (Fsp3) is 0.615. The Labute approximate surface area is 102 Å². The summed E-state index contributed by atoms with van der Waals surface area (Å²) in [4.78, 5) is 17.3. The van der Waals surface area contributed by atoms with E-state index in [4.69, 9.17) is 0 Å². The van der Waals surface area contributed by atoms with Gasteiger partial charge in [0, 0.05) is 18.8 Å². The molecule has 1 aromatic heterocycles. The molecule has 2 rings (SSSR count). The Morgan fingerprint density at radius 1 is 1.41 bits per heavy atom. The summed E-state index contributed by atoms with van der Waals surface area (Å²) in [6.07, 6.45) is 5.53. The summed E-state index contributed by atoms with van der Waals surface area (Å²) in [5.41, 5.74) is 2.52. The summed E-state index contributed by atoms with van der Waals surface area (Å²) < 4.78 is 0. The van der Waals surface area contributed by atoms with Crippen LogP contribution >= 0.6 is 0 Å². The Kier molecular flexibility index (Phi) is 3.84. The summed E-state index contributed by atoms with van der Waals surface area (Å²) in [5.74, 6) is 0.0108. The molecular weight excluding hydrogens is 214 g/mol. The standard InChI is InChI=1S/C13H20N3O/c1-10-9-15-11(2)12(10)13(17)14-5-8-16-6-3-4-7-16/h15H,3-8H2,1-2H3,(H,14,17). The van der Waals surface area contributed by atoms with Crippen molar-refractivity contribution in [3.05, 3.63) is 23.0 Å². The minimum Gasteiger partial charge on any atom is -0.357 e. The van der Waals surface area contributed by atoms with Gasteiger partial charge in [-0.15, -0.1) is 0 Å². The van der Waals surface area contributed by atoms with Crippen molar-refractivity contribution in [1.29, 1.82) is 0 Å². The van der Waals surface area contributed by atoms with Crippen LogP contribution in [0.4, 0.5) is 0 Å². The molecule has 4 nitrogen and oxygen atoms in total. The van der Waals surface area contributed by atoms with E-state index >= 15 is 0 Å². The average Bonchev–Trinajstić information content (AvgIpc) is 2.89. The van der Waals surface area contributed by atoms with Crippen molar-refractivity contribution in [3.8, 4) is 0 Å². The molecule has 1 fully saturated rings. The highest BCUT2D eigenvalue weighted by Gasteiger charge is 2.15. The van der Waals surface area contributed by atoms with Crippen LogP contribution in [0.25, 0.3) is 0 Å². The number of carbonyl (C=O) groups excluding carboxylic acids is 1. The molecule has 1 radical (unpaired) electrons. The molecule has 1 aliphatic rings. The zero-order chi connectivity index (χ0) is 12.3.